The van der Waals surface area contributed by atoms with Crippen molar-refractivity contribution in [3.05, 3.63) is 29.8 Å². The molecule has 0 saturated carbocycles. The fourth-order valence-corrected chi connectivity index (χ4v) is 5.82. The van der Waals surface area contributed by atoms with Gasteiger partial charge in [0.25, 0.3) is 5.91 Å². The van der Waals surface area contributed by atoms with E-state index < -0.39 is 10.0 Å². The van der Waals surface area contributed by atoms with E-state index in [-0.39, 0.29) is 16.8 Å². The smallest absolute Gasteiger partial charge is 0.251 e. The number of rotatable bonds is 9. The van der Waals surface area contributed by atoms with Crippen LogP contribution in [0.5, 0.6) is 0 Å². The van der Waals surface area contributed by atoms with Crippen LogP contribution in [0.4, 0.5) is 0 Å². The van der Waals surface area contributed by atoms with Crippen molar-refractivity contribution in [3.63, 3.8) is 0 Å². The maximum Gasteiger partial charge on any atom is 0.251 e. The number of hydrogen-bond acceptors (Lipinski definition) is 6. The number of hydrogen-bond donors (Lipinski definition) is 1. The molecule has 2 fully saturated rings. The van der Waals surface area contributed by atoms with Crippen molar-refractivity contribution >= 4 is 15.9 Å². The van der Waals surface area contributed by atoms with Crippen LogP contribution in [0.3, 0.4) is 0 Å². The highest BCUT2D eigenvalue weighted by atomic mass is 32.2. The Balaban J connectivity index is 1.69. The molecule has 2 aliphatic rings. The van der Waals surface area contributed by atoms with E-state index in [0.717, 1.165) is 25.9 Å². The van der Waals surface area contributed by atoms with Gasteiger partial charge in [-0.2, -0.15) is 4.31 Å². The molecule has 1 amide bonds. The number of carbonyl (C=O) groups is 1. The van der Waals surface area contributed by atoms with E-state index in [9.17, 15) is 13.2 Å². The number of amides is 1. The van der Waals surface area contributed by atoms with Gasteiger partial charge in [0.05, 0.1) is 31.3 Å². The van der Waals surface area contributed by atoms with Crippen LogP contribution in [0.1, 0.15) is 37.0 Å². The lowest BCUT2D eigenvalue weighted by Crippen LogP contribution is -2.52. The number of sulfonamides is 1. The van der Waals surface area contributed by atoms with E-state index in [1.165, 1.54) is 10.4 Å². The number of ether oxygens (including phenoxy) is 2. The maximum atomic E-state index is 12.9. The Kier molecular flexibility index (Phi) is 8.85. The Hall–Kier alpha value is -1.52. The molecule has 0 bridgehead atoms. The van der Waals surface area contributed by atoms with Gasteiger partial charge in [0, 0.05) is 44.3 Å². The first kappa shape index (κ1) is 24.1. The Bertz CT molecular complexity index is 816. The van der Waals surface area contributed by atoms with Crippen molar-refractivity contribution in [1.29, 1.82) is 0 Å². The normalized spacial score (nSPS) is 20.0. The molecule has 2 saturated heterocycles. The highest BCUT2D eigenvalue weighted by Crippen LogP contribution is 2.21. The number of carbonyl (C=O) groups excluding carboxylic acids is 1. The van der Waals surface area contributed by atoms with Crippen LogP contribution in [0.25, 0.3) is 0 Å². The second-order valence-corrected chi connectivity index (χ2v) is 9.98. The van der Waals surface area contributed by atoms with Crippen LogP contribution < -0.4 is 5.32 Å². The number of nitrogens with zero attached hydrogens (tertiary/aromatic N) is 2. The monoisotopic (exact) mass is 453 g/mol. The van der Waals surface area contributed by atoms with E-state index in [0.29, 0.717) is 57.5 Å². The molecule has 1 N–H and O–H groups in total. The SMILES string of the molecule is CCC(CC)C(CNC(=O)c1cccc(S(=O)(=O)N2CCOCC2)c1)N1CCOCC1. The van der Waals surface area contributed by atoms with Crippen LogP contribution in [-0.4, -0.2) is 88.7 Å². The van der Waals surface area contributed by atoms with Gasteiger partial charge in [-0.25, -0.2) is 8.42 Å². The number of nitrogens with one attached hydrogen (secondary N) is 1. The zero-order valence-corrected chi connectivity index (χ0v) is 19.4. The van der Waals surface area contributed by atoms with Crippen molar-refractivity contribution in [2.45, 2.75) is 37.6 Å². The molecule has 1 aromatic carbocycles. The van der Waals surface area contributed by atoms with Crippen LogP contribution in [-0.2, 0) is 19.5 Å². The summed E-state index contributed by atoms with van der Waals surface area (Å²) in [5, 5.41) is 3.05. The highest BCUT2D eigenvalue weighted by Gasteiger charge is 2.29. The molecular weight excluding hydrogens is 418 g/mol. The predicted octanol–water partition coefficient (Wildman–Crippen LogP) is 1.57. The highest BCUT2D eigenvalue weighted by molar-refractivity contribution is 7.89. The molecule has 8 nitrogen and oxygen atoms in total. The Labute approximate surface area is 185 Å². The lowest BCUT2D eigenvalue weighted by atomic mass is 9.92. The quantitative estimate of drug-likeness (QED) is 0.611. The maximum absolute atomic E-state index is 12.9. The minimum atomic E-state index is -3.64. The van der Waals surface area contributed by atoms with Crippen LogP contribution in [0.2, 0.25) is 0 Å². The molecule has 0 aromatic heterocycles. The Morgan fingerprint density at radius 2 is 1.65 bits per heavy atom. The summed E-state index contributed by atoms with van der Waals surface area (Å²) in [7, 11) is -3.64. The summed E-state index contributed by atoms with van der Waals surface area (Å²) in [6, 6.07) is 6.54. The standard InChI is InChI=1S/C22H35N3O5S/c1-3-18(4-2)21(24-8-12-29-13-9-24)17-23-22(26)19-6-5-7-20(16-19)31(27,28)25-10-14-30-15-11-25/h5-7,16,18,21H,3-4,8-15,17H2,1-2H3,(H,23,26). The molecular formula is C22H35N3O5S. The fraction of sp³-hybridized carbons (Fsp3) is 0.682. The molecule has 31 heavy (non-hydrogen) atoms. The molecule has 0 radical (unpaired) electrons. The molecule has 2 aliphatic heterocycles. The lowest BCUT2D eigenvalue weighted by molar-refractivity contribution is 0.00191. The van der Waals surface area contributed by atoms with Gasteiger partial charge in [0.15, 0.2) is 0 Å². The topological polar surface area (TPSA) is 88.2 Å². The largest absolute Gasteiger partial charge is 0.379 e. The third-order valence-corrected chi connectivity index (χ3v) is 8.18. The number of benzene rings is 1. The second kappa shape index (κ2) is 11.4. The summed E-state index contributed by atoms with van der Waals surface area (Å²) in [6.45, 7) is 9.49. The molecule has 2 heterocycles. The summed E-state index contributed by atoms with van der Waals surface area (Å²) < 4.78 is 38.0. The summed E-state index contributed by atoms with van der Waals surface area (Å²) in [5.41, 5.74) is 0.361. The van der Waals surface area contributed by atoms with Gasteiger partial charge < -0.3 is 14.8 Å². The number of morpholine rings is 2. The summed E-state index contributed by atoms with van der Waals surface area (Å²) in [6.07, 6.45) is 2.09. The zero-order chi connectivity index (χ0) is 22.3. The van der Waals surface area contributed by atoms with E-state index in [1.54, 1.807) is 18.2 Å². The van der Waals surface area contributed by atoms with Gasteiger partial charge in [0.1, 0.15) is 0 Å². The fourth-order valence-electron chi connectivity index (χ4n) is 4.37. The average Bonchev–Trinajstić information content (AvgIpc) is 2.82. The van der Waals surface area contributed by atoms with Crippen molar-refractivity contribution in [3.8, 4) is 0 Å². The van der Waals surface area contributed by atoms with Crippen molar-refractivity contribution in [2.75, 3.05) is 59.2 Å². The molecule has 3 rings (SSSR count). The van der Waals surface area contributed by atoms with E-state index in [1.807, 2.05) is 0 Å². The first-order chi connectivity index (χ1) is 15.0. The molecule has 0 spiro atoms. The van der Waals surface area contributed by atoms with Gasteiger partial charge >= 0.3 is 0 Å². The van der Waals surface area contributed by atoms with Gasteiger partial charge in [0.2, 0.25) is 10.0 Å². The van der Waals surface area contributed by atoms with E-state index in [2.05, 4.69) is 24.1 Å². The summed E-state index contributed by atoms with van der Waals surface area (Å²) in [4.78, 5) is 15.5. The Morgan fingerprint density at radius 3 is 2.26 bits per heavy atom. The molecule has 174 valence electrons. The van der Waals surface area contributed by atoms with Gasteiger partial charge in [-0.1, -0.05) is 32.8 Å². The molecule has 1 unspecified atom stereocenters. The van der Waals surface area contributed by atoms with Crippen molar-refractivity contribution in [1.82, 2.24) is 14.5 Å². The van der Waals surface area contributed by atoms with Gasteiger partial charge in [-0.3, -0.25) is 9.69 Å². The summed E-state index contributed by atoms with van der Waals surface area (Å²) >= 11 is 0. The third kappa shape index (κ3) is 6.04. The first-order valence-electron chi connectivity index (χ1n) is 11.2. The molecule has 0 aliphatic carbocycles. The van der Waals surface area contributed by atoms with Crippen LogP contribution >= 0.6 is 0 Å². The zero-order valence-electron chi connectivity index (χ0n) is 18.6. The third-order valence-electron chi connectivity index (χ3n) is 6.28. The molecule has 1 atom stereocenters. The minimum Gasteiger partial charge on any atom is -0.379 e. The van der Waals surface area contributed by atoms with Gasteiger partial charge in [-0.15, -0.1) is 0 Å². The first-order valence-corrected chi connectivity index (χ1v) is 12.7. The Morgan fingerprint density at radius 1 is 1.03 bits per heavy atom. The van der Waals surface area contributed by atoms with E-state index >= 15 is 0 Å². The summed E-state index contributed by atoms with van der Waals surface area (Å²) in [5.74, 6) is 0.231. The van der Waals surface area contributed by atoms with Crippen molar-refractivity contribution < 1.29 is 22.7 Å². The van der Waals surface area contributed by atoms with Crippen LogP contribution in [0, 0.1) is 5.92 Å². The molecule has 1 aromatic rings. The van der Waals surface area contributed by atoms with Crippen molar-refractivity contribution in [2.24, 2.45) is 5.92 Å². The van der Waals surface area contributed by atoms with Gasteiger partial charge in [-0.05, 0) is 24.1 Å². The van der Waals surface area contributed by atoms with E-state index in [4.69, 9.17) is 9.47 Å². The molecule has 9 heteroatoms. The predicted molar refractivity (Wildman–Crippen MR) is 119 cm³/mol. The van der Waals surface area contributed by atoms with Crippen LogP contribution in [0.15, 0.2) is 29.2 Å². The second-order valence-electron chi connectivity index (χ2n) is 8.05. The lowest BCUT2D eigenvalue weighted by Gasteiger charge is -2.38. The average molecular weight is 454 g/mol. The minimum absolute atomic E-state index is 0.145.